The third kappa shape index (κ3) is 27.1. The average molecular weight is 1320 g/mol. The number of tetrazole rings is 4. The number of urea groups is 1. The largest absolute Gasteiger partial charge is 0.459 e. The number of carbonyl (C=O) groups excluding carboxylic acids is 5. The Morgan fingerprint density at radius 1 is 0.454 bits per heavy atom. The maximum atomic E-state index is 13.4. The van der Waals surface area contributed by atoms with Crippen molar-refractivity contribution in [2.75, 3.05) is 0 Å². The summed E-state index contributed by atoms with van der Waals surface area (Å²) in [6.45, 7) is 1.62. The van der Waals surface area contributed by atoms with Crippen LogP contribution in [-0.2, 0) is 121 Å². The molecule has 35 heteroatoms. The third-order valence-electron chi connectivity index (χ3n) is 13.8. The fourth-order valence-corrected chi connectivity index (χ4v) is 8.71. The summed E-state index contributed by atoms with van der Waals surface area (Å²) in [6, 6.07) is 40.3. The maximum Gasteiger partial charge on any atom is 0.329 e. The second-order valence-corrected chi connectivity index (χ2v) is 20.7. The van der Waals surface area contributed by atoms with E-state index in [1.807, 2.05) is 121 Å². The van der Waals surface area contributed by atoms with Crippen LogP contribution in [0.1, 0.15) is 96.9 Å². The molecule has 2 amide bonds. The standard InChI is InChI=1S/C31H34N12O5.C16H17BN6O3.C15H18N6O2/c32-17-7-19-42-27(36-38-40-42)15-13-25(29(44)47-21-23-9-3-1-4-10-23)34-31(46)35-26(30(45)48-22-24-11-5-2-6-12-24)14-16-28-37-39-41-43(28)20-8-18-33;18-9-4-10-23-15(20-21-22-23)8-7-14(19-12-17-25)16(24)26-11-13-5-2-1-3-6-13;16-9-4-10-21-14(18-19-20-21)8-7-13(17)15(22)23-11-12-5-2-1-3-6-12/h1-6,9-12,25-26H,7-8,13-16,19-22H2,(H2,34,35,46);1-3,5-6,12,14H,4,7-8,10-11H2;1-3,5-6,13H,4,7-8,10-11,17H2/t25-,26-;;/m0../s1. The molecule has 8 aromatic rings. The van der Waals surface area contributed by atoms with Gasteiger partial charge in [-0.15, -0.1) is 15.3 Å². The van der Waals surface area contributed by atoms with Crippen molar-refractivity contribution in [1.82, 2.24) is 91.5 Å². The molecular weight excluding hydrogens is 1250 g/mol. The SMILES string of the molecule is N#CCCn1nnnc1CCC(N)C(=O)OCc1ccccc1.N#CCCn1nnnc1CCC(N=CB=O)C(=O)OCc1ccccc1.N#CCCn1nnnc1CC[C@H](NC(=O)N[C@@H](CCc1nnnn1CCC#N)C(=O)OCc1ccccc1)C(=O)OCc1ccccc1. The van der Waals surface area contributed by atoms with Crippen molar-refractivity contribution in [1.29, 1.82) is 21.0 Å². The van der Waals surface area contributed by atoms with Crippen LogP contribution in [0, 0.1) is 45.3 Å². The van der Waals surface area contributed by atoms with E-state index in [4.69, 9.17) is 45.7 Å². The number of nitrogens with one attached hydrogen (secondary N) is 2. The summed E-state index contributed by atoms with van der Waals surface area (Å²) in [5.74, 6) is -0.397. The summed E-state index contributed by atoms with van der Waals surface area (Å²) in [5, 5.41) is 85.9. The molecule has 0 bridgehead atoms. The van der Waals surface area contributed by atoms with Gasteiger partial charge in [0, 0.05) is 19.3 Å². The smallest absolute Gasteiger partial charge is 0.329 e. The van der Waals surface area contributed by atoms with Gasteiger partial charge in [-0.2, -0.15) is 15.8 Å². The van der Waals surface area contributed by atoms with Crippen molar-refractivity contribution in [3.63, 3.8) is 0 Å². The fourth-order valence-electron chi connectivity index (χ4n) is 8.71. The summed E-state index contributed by atoms with van der Waals surface area (Å²) >= 11 is 0. The molecule has 4 aromatic carbocycles. The van der Waals surface area contributed by atoms with E-state index in [1.54, 1.807) is 28.9 Å². The van der Waals surface area contributed by atoms with Gasteiger partial charge < -0.3 is 30.6 Å². The second kappa shape index (κ2) is 42.8. The van der Waals surface area contributed by atoms with Gasteiger partial charge in [-0.3, -0.25) is 4.79 Å². The number of aliphatic imine (C=N–C) groups is 1. The Morgan fingerprint density at radius 3 is 1.07 bits per heavy atom. The summed E-state index contributed by atoms with van der Waals surface area (Å²) < 4.78 is 38.0. The van der Waals surface area contributed by atoms with E-state index in [-0.39, 0.29) is 90.9 Å². The Labute approximate surface area is 557 Å². The first-order chi connectivity index (χ1) is 47.4. The van der Waals surface area contributed by atoms with Gasteiger partial charge in [0.1, 0.15) is 37.9 Å². The van der Waals surface area contributed by atoms with Gasteiger partial charge in [-0.1, -0.05) is 91.0 Å². The average Bonchev–Trinajstić information content (AvgIpc) is 2.13. The van der Waals surface area contributed by atoms with Crippen molar-refractivity contribution < 1.29 is 47.6 Å². The molecule has 2 unspecified atom stereocenters. The predicted molar refractivity (Wildman–Crippen MR) is 336 cm³/mol. The van der Waals surface area contributed by atoms with Gasteiger partial charge in [0.2, 0.25) is 0 Å². The first kappa shape index (κ1) is 73.8. The van der Waals surface area contributed by atoms with Crippen LogP contribution in [0.15, 0.2) is 126 Å². The van der Waals surface area contributed by atoms with E-state index in [0.29, 0.717) is 69.2 Å². The molecule has 0 saturated heterocycles. The van der Waals surface area contributed by atoms with Crippen LogP contribution in [0.4, 0.5) is 4.79 Å². The molecule has 97 heavy (non-hydrogen) atoms. The number of aromatic nitrogens is 16. The number of esters is 4. The van der Waals surface area contributed by atoms with Crippen LogP contribution in [0.5, 0.6) is 0 Å². The summed E-state index contributed by atoms with van der Waals surface area (Å²) in [4.78, 5) is 68.0. The molecule has 0 aliphatic rings. The van der Waals surface area contributed by atoms with E-state index in [1.165, 1.54) is 14.0 Å². The number of hydrogen-bond acceptors (Lipinski definition) is 28. The van der Waals surface area contributed by atoms with Crippen LogP contribution in [0.2, 0.25) is 0 Å². The minimum atomic E-state index is -1.14. The first-order valence-electron chi connectivity index (χ1n) is 30.5. The summed E-state index contributed by atoms with van der Waals surface area (Å²) in [7, 11) is 0.508. The molecule has 4 heterocycles. The monoisotopic (exact) mass is 1320 g/mol. The molecule has 0 aliphatic carbocycles. The number of amides is 2. The molecule has 500 valence electrons. The van der Waals surface area contributed by atoms with Gasteiger partial charge in [0.15, 0.2) is 17.5 Å². The quantitative estimate of drug-likeness (QED) is 0.0220. The molecule has 4 aromatic heterocycles. The molecule has 0 spiro atoms. The number of carbonyl (C=O) groups is 5. The Balaban J connectivity index is 0.000000254. The van der Waals surface area contributed by atoms with Crippen LogP contribution in [0.3, 0.4) is 0 Å². The van der Waals surface area contributed by atoms with Crippen molar-refractivity contribution in [2.45, 2.75) is 154 Å². The zero-order chi connectivity index (χ0) is 69.1. The maximum absolute atomic E-state index is 13.4. The third-order valence-corrected chi connectivity index (χ3v) is 13.8. The molecule has 0 aliphatic heterocycles. The van der Waals surface area contributed by atoms with Crippen LogP contribution in [-0.4, -0.2) is 148 Å². The Hall–Kier alpha value is -12.2. The molecular formula is C62H69BN24O10. The van der Waals surface area contributed by atoms with Gasteiger partial charge in [0.25, 0.3) is 0 Å². The number of nitrogens with zero attached hydrogens (tertiary/aromatic N) is 21. The van der Waals surface area contributed by atoms with Crippen molar-refractivity contribution in [3.05, 3.63) is 167 Å². The van der Waals surface area contributed by atoms with Crippen molar-refractivity contribution in [2.24, 2.45) is 10.7 Å². The van der Waals surface area contributed by atoms with Crippen LogP contribution >= 0.6 is 0 Å². The number of aryl methyl sites for hydroxylation is 8. The molecule has 0 saturated carbocycles. The Bertz CT molecular complexity index is 3780. The molecule has 4 atom stereocenters. The number of rotatable bonds is 36. The minimum absolute atomic E-state index is 0.0195. The van der Waals surface area contributed by atoms with E-state index in [9.17, 15) is 28.7 Å². The zero-order valence-electron chi connectivity index (χ0n) is 52.7. The number of ether oxygens (including phenoxy) is 4. The molecule has 8 rings (SSSR count). The summed E-state index contributed by atoms with van der Waals surface area (Å²) in [5.41, 5.74) is 9.13. The van der Waals surface area contributed by atoms with Gasteiger partial charge in [-0.25, -0.2) is 28.4 Å². The molecule has 0 radical (unpaired) electrons. The van der Waals surface area contributed by atoms with E-state index in [0.717, 1.165) is 28.4 Å². The van der Waals surface area contributed by atoms with E-state index >= 15 is 0 Å². The van der Waals surface area contributed by atoms with E-state index < -0.39 is 54.1 Å². The van der Waals surface area contributed by atoms with Crippen LogP contribution in [0.25, 0.3) is 0 Å². The van der Waals surface area contributed by atoms with Crippen molar-refractivity contribution >= 4 is 43.2 Å². The molecule has 34 nitrogen and oxygen atoms in total. The predicted octanol–water partition coefficient (Wildman–Crippen LogP) is 2.88. The zero-order valence-corrected chi connectivity index (χ0v) is 52.7. The minimum Gasteiger partial charge on any atom is -0.459 e. The van der Waals surface area contributed by atoms with E-state index in [2.05, 4.69) is 77.7 Å². The number of benzene rings is 4. The molecule has 4 N–H and O–H groups in total. The Morgan fingerprint density at radius 2 is 0.753 bits per heavy atom. The fraction of sp³-hybridized carbons (Fsp3) is 0.387. The van der Waals surface area contributed by atoms with Crippen LogP contribution < -0.4 is 16.4 Å². The summed E-state index contributed by atoms with van der Waals surface area (Å²) in [6.07, 6.45) is 3.96. The van der Waals surface area contributed by atoms with Gasteiger partial charge in [-0.05, 0) is 67.2 Å². The number of nitrogens with two attached hydrogens (primary N) is 1. The first-order valence-corrected chi connectivity index (χ1v) is 30.5. The Kier molecular flexibility index (Phi) is 32.6. The van der Waals surface area contributed by atoms with Crippen molar-refractivity contribution in [3.8, 4) is 24.3 Å². The normalized spacial score (nSPS) is 11.7. The number of hydrogen-bond donors (Lipinski definition) is 3. The second-order valence-electron chi connectivity index (χ2n) is 20.7. The molecule has 0 fully saturated rings. The number of nitriles is 4. The van der Waals surface area contributed by atoms with Gasteiger partial charge in [0.05, 0.1) is 57.1 Å². The topological polar surface area (TPSA) is 471 Å². The van der Waals surface area contributed by atoms with Gasteiger partial charge >= 0.3 is 174 Å².